The number of methoxy groups -OCH3 is 1. The van der Waals surface area contributed by atoms with Crippen molar-refractivity contribution in [2.45, 2.75) is 41.9 Å². The van der Waals surface area contributed by atoms with Gasteiger partial charge in [0.15, 0.2) is 0 Å². The summed E-state index contributed by atoms with van der Waals surface area (Å²) in [7, 11) is 3.73. The van der Waals surface area contributed by atoms with Gasteiger partial charge in [0.2, 0.25) is 5.79 Å². The topological polar surface area (TPSA) is 36.3 Å². The summed E-state index contributed by atoms with van der Waals surface area (Å²) in [6.45, 7) is 4.73. The van der Waals surface area contributed by atoms with Crippen LogP contribution in [-0.4, -0.2) is 23.3 Å². The molecule has 0 aliphatic heterocycles. The van der Waals surface area contributed by atoms with Gasteiger partial charge in [0.05, 0.1) is 12.3 Å². The third kappa shape index (κ3) is 5.82. The molecule has 0 saturated carbocycles. The Morgan fingerprint density at radius 2 is 1.47 bits per heavy atom. The predicted octanol–water partition coefficient (Wildman–Crippen LogP) is 8.11. The third-order valence-electron chi connectivity index (χ3n) is 5.98. The summed E-state index contributed by atoms with van der Waals surface area (Å²) in [5.74, 6) is 0.194. The quantitative estimate of drug-likeness (QED) is 0.190. The molecule has 0 unspecified atom stereocenters. The summed E-state index contributed by atoms with van der Waals surface area (Å²) in [5, 5.41) is 2.30. The Balaban J connectivity index is 1.60. The van der Waals surface area contributed by atoms with Crippen LogP contribution in [0, 0.1) is 0 Å². The highest BCUT2D eigenvalue weighted by atomic mass is 35.5. The fourth-order valence-corrected chi connectivity index (χ4v) is 6.08. The number of nitrogens with zero attached hydrogens (tertiary/aromatic N) is 2. The average Bonchev–Trinajstić information content (AvgIpc) is 3.18. The summed E-state index contributed by atoms with van der Waals surface area (Å²) in [5.41, 5.74) is 2.92. The maximum atomic E-state index is 6.55. The van der Waals surface area contributed by atoms with Gasteiger partial charge in [-0.25, -0.2) is 4.98 Å². The van der Waals surface area contributed by atoms with Gasteiger partial charge >= 0.3 is 0 Å². The Kier molecular flexibility index (Phi) is 8.81. The molecule has 0 fully saturated rings. The monoisotopic (exact) mass is 540 g/mol. The molecule has 1 aromatic heterocycles. The summed E-state index contributed by atoms with van der Waals surface area (Å²) < 4.78 is 14.8. The van der Waals surface area contributed by atoms with Crippen molar-refractivity contribution in [1.29, 1.82) is 0 Å². The van der Waals surface area contributed by atoms with Gasteiger partial charge in [-0.2, -0.15) is 0 Å². The normalized spacial score (nSPS) is 11.9. The van der Waals surface area contributed by atoms with E-state index in [0.29, 0.717) is 23.1 Å². The summed E-state index contributed by atoms with van der Waals surface area (Å²) in [6, 6.07) is 25.6. The Morgan fingerprint density at radius 1 is 0.917 bits per heavy atom. The molecule has 3 aromatic carbocycles. The van der Waals surface area contributed by atoms with Crippen LogP contribution in [0.3, 0.4) is 0 Å². The van der Waals surface area contributed by atoms with Crippen LogP contribution in [0.15, 0.2) is 88.8 Å². The van der Waals surface area contributed by atoms with Crippen LogP contribution in [-0.2, 0) is 28.7 Å². The molecule has 4 aromatic rings. The van der Waals surface area contributed by atoms with Crippen LogP contribution in [0.1, 0.15) is 42.4 Å². The predicted molar refractivity (Wildman–Crippen MR) is 148 cm³/mol. The summed E-state index contributed by atoms with van der Waals surface area (Å²) >= 11 is 14.1. The van der Waals surface area contributed by atoms with E-state index in [2.05, 4.69) is 18.4 Å². The zero-order valence-electron chi connectivity index (χ0n) is 20.9. The number of halogens is 2. The number of ether oxygens (including phenoxy) is 2. The second-order valence-electron chi connectivity index (χ2n) is 8.79. The minimum Gasteiger partial charge on any atom is -0.346 e. The van der Waals surface area contributed by atoms with E-state index in [1.165, 1.54) is 0 Å². The van der Waals surface area contributed by atoms with Crippen molar-refractivity contribution in [3.05, 3.63) is 112 Å². The van der Waals surface area contributed by atoms with Crippen molar-refractivity contribution >= 4 is 35.0 Å². The number of rotatable bonds is 10. The van der Waals surface area contributed by atoms with Gasteiger partial charge in [0.1, 0.15) is 10.9 Å². The molecule has 0 saturated heterocycles. The summed E-state index contributed by atoms with van der Waals surface area (Å²) in [6.07, 6.45) is 0.623. The number of hydrogen-bond acceptors (Lipinski definition) is 4. The molecular formula is C29H30Cl2N2O2S. The van der Waals surface area contributed by atoms with Gasteiger partial charge in [0, 0.05) is 46.6 Å². The van der Waals surface area contributed by atoms with Crippen molar-refractivity contribution in [3.8, 4) is 0 Å². The number of imidazole rings is 1. The van der Waals surface area contributed by atoms with Crippen molar-refractivity contribution in [2.24, 2.45) is 7.05 Å². The summed E-state index contributed by atoms with van der Waals surface area (Å²) in [4.78, 5) is 5.97. The first-order chi connectivity index (χ1) is 17.3. The minimum absolute atomic E-state index is 0.259. The largest absolute Gasteiger partial charge is 0.346 e. The molecule has 0 spiro atoms. The lowest BCUT2D eigenvalue weighted by atomic mass is 9.97. The number of benzene rings is 3. The first kappa shape index (κ1) is 26.8. The van der Waals surface area contributed by atoms with E-state index in [-0.39, 0.29) is 5.92 Å². The lowest BCUT2D eigenvalue weighted by Gasteiger charge is -2.33. The van der Waals surface area contributed by atoms with Crippen LogP contribution in [0.25, 0.3) is 0 Å². The molecule has 188 valence electrons. The molecule has 1 heterocycles. The highest BCUT2D eigenvalue weighted by Gasteiger charge is 2.35. The Hall–Kier alpha value is -2.28. The van der Waals surface area contributed by atoms with Crippen molar-refractivity contribution < 1.29 is 9.47 Å². The molecule has 0 aliphatic rings. The van der Waals surface area contributed by atoms with Gasteiger partial charge < -0.3 is 14.0 Å². The minimum atomic E-state index is -1.01. The van der Waals surface area contributed by atoms with Crippen LogP contribution >= 0.6 is 35.0 Å². The van der Waals surface area contributed by atoms with Gasteiger partial charge in [-0.05, 0) is 24.1 Å². The smallest absolute Gasteiger partial charge is 0.222 e. The zero-order chi connectivity index (χ0) is 25.7. The van der Waals surface area contributed by atoms with Gasteiger partial charge in [-0.15, -0.1) is 0 Å². The second-order valence-corrected chi connectivity index (χ2v) is 10.7. The fourth-order valence-electron chi connectivity index (χ4n) is 4.20. The van der Waals surface area contributed by atoms with Crippen molar-refractivity contribution in [1.82, 2.24) is 9.55 Å². The van der Waals surface area contributed by atoms with Gasteiger partial charge in [0.25, 0.3) is 0 Å². The van der Waals surface area contributed by atoms with Crippen LogP contribution in [0.4, 0.5) is 0 Å². The third-order valence-corrected chi connectivity index (χ3v) is 7.57. The molecule has 4 nitrogen and oxygen atoms in total. The van der Waals surface area contributed by atoms with Crippen molar-refractivity contribution in [3.63, 3.8) is 0 Å². The molecule has 0 radical (unpaired) electrons. The van der Waals surface area contributed by atoms with E-state index < -0.39 is 5.79 Å². The Labute approximate surface area is 227 Å². The molecule has 36 heavy (non-hydrogen) atoms. The maximum Gasteiger partial charge on any atom is 0.222 e. The van der Waals surface area contributed by atoms with Gasteiger partial charge in [-0.1, -0.05) is 109 Å². The van der Waals surface area contributed by atoms with Crippen LogP contribution in [0.5, 0.6) is 0 Å². The van der Waals surface area contributed by atoms with E-state index in [9.17, 15) is 0 Å². The molecule has 7 heteroatoms. The Bertz CT molecular complexity index is 1230. The lowest BCUT2D eigenvalue weighted by Crippen LogP contribution is -2.34. The number of hydrogen-bond donors (Lipinski definition) is 0. The lowest BCUT2D eigenvalue weighted by molar-refractivity contribution is -0.201. The molecule has 0 atom stereocenters. The molecule has 0 bridgehead atoms. The van der Waals surface area contributed by atoms with E-state index >= 15 is 0 Å². The van der Waals surface area contributed by atoms with Crippen molar-refractivity contribution in [2.75, 3.05) is 13.7 Å². The Morgan fingerprint density at radius 3 is 1.97 bits per heavy atom. The van der Waals surface area contributed by atoms with Gasteiger partial charge in [-0.3, -0.25) is 0 Å². The van der Waals surface area contributed by atoms with Crippen LogP contribution < -0.4 is 0 Å². The zero-order valence-corrected chi connectivity index (χ0v) is 23.2. The van der Waals surface area contributed by atoms with E-state index in [1.54, 1.807) is 24.9 Å². The fraction of sp³-hybridized carbons (Fsp3) is 0.276. The standard InChI is InChI=1S/C29H30Cl2N2O2S/c1-20(2)27-28(36-25-18-23(30)17-24(31)19-25)33(3)26(32-27)15-16-35-29(34-4,21-11-7-5-8-12-21)22-13-9-6-10-14-22/h5-14,17-20H,15-16H2,1-4H3. The van der Waals surface area contributed by atoms with Crippen LogP contribution in [0.2, 0.25) is 10.0 Å². The maximum absolute atomic E-state index is 6.55. The number of aromatic nitrogens is 2. The molecule has 0 amide bonds. The highest BCUT2D eigenvalue weighted by molar-refractivity contribution is 7.99. The first-order valence-corrected chi connectivity index (χ1v) is 13.4. The molecular weight excluding hydrogens is 511 g/mol. The first-order valence-electron chi connectivity index (χ1n) is 11.8. The molecule has 4 rings (SSSR count). The highest BCUT2D eigenvalue weighted by Crippen LogP contribution is 2.38. The SMILES string of the molecule is COC(OCCc1nc(C(C)C)c(Sc2cc(Cl)cc(Cl)c2)n1C)(c1ccccc1)c1ccccc1. The second kappa shape index (κ2) is 11.8. The van der Waals surface area contributed by atoms with E-state index in [4.69, 9.17) is 37.7 Å². The van der Waals surface area contributed by atoms with E-state index in [1.807, 2.05) is 79.8 Å². The van der Waals surface area contributed by atoms with E-state index in [0.717, 1.165) is 32.6 Å². The molecule has 0 N–H and O–H groups in total. The average molecular weight is 542 g/mol. The molecule has 0 aliphatic carbocycles.